The molecule has 0 aliphatic carbocycles. The molecule has 0 radical (unpaired) electrons. The van der Waals surface area contributed by atoms with Gasteiger partial charge in [-0.05, 0) is 34.1 Å². The van der Waals surface area contributed by atoms with E-state index < -0.39 is 0 Å². The van der Waals surface area contributed by atoms with E-state index in [2.05, 4.69) is 26.1 Å². The summed E-state index contributed by atoms with van der Waals surface area (Å²) in [5.41, 5.74) is 7.06. The molecule has 0 unspecified atom stereocenters. The maximum atomic E-state index is 12.9. The monoisotopic (exact) mass is 255 g/mol. The lowest BCUT2D eigenvalue weighted by Crippen LogP contribution is -1.81. The van der Waals surface area contributed by atoms with Gasteiger partial charge in [0.2, 0.25) is 0 Å². The standard InChI is InChI=1S/C9H7BrFN3/c10-6-3-5(1-2-7(6)11)8-4-9(12)14-13-8/h1-4H,(H3,12,13,14). The summed E-state index contributed by atoms with van der Waals surface area (Å²) in [4.78, 5) is 0. The summed E-state index contributed by atoms with van der Waals surface area (Å²) in [5, 5.41) is 6.54. The Morgan fingerprint density at radius 1 is 1.36 bits per heavy atom. The van der Waals surface area contributed by atoms with E-state index in [0.29, 0.717) is 10.3 Å². The number of halogens is 2. The highest BCUT2D eigenvalue weighted by Crippen LogP contribution is 2.24. The summed E-state index contributed by atoms with van der Waals surface area (Å²) in [6, 6.07) is 6.41. The Kier molecular flexibility index (Phi) is 2.25. The van der Waals surface area contributed by atoms with Crippen LogP contribution in [0.5, 0.6) is 0 Å². The number of H-pyrrole nitrogens is 1. The molecule has 1 heterocycles. The second-order valence-electron chi connectivity index (χ2n) is 2.84. The molecule has 1 aromatic carbocycles. The Morgan fingerprint density at radius 2 is 2.14 bits per heavy atom. The second-order valence-corrected chi connectivity index (χ2v) is 3.69. The van der Waals surface area contributed by atoms with Gasteiger partial charge < -0.3 is 5.73 Å². The number of nitrogen functional groups attached to an aromatic ring is 1. The van der Waals surface area contributed by atoms with Gasteiger partial charge in [0, 0.05) is 11.6 Å². The average molecular weight is 256 g/mol. The number of aromatic amines is 1. The molecule has 3 N–H and O–H groups in total. The van der Waals surface area contributed by atoms with Crippen molar-refractivity contribution in [1.29, 1.82) is 0 Å². The van der Waals surface area contributed by atoms with Crippen LogP contribution in [-0.4, -0.2) is 10.2 Å². The Bertz CT molecular complexity index is 467. The molecular weight excluding hydrogens is 249 g/mol. The van der Waals surface area contributed by atoms with Crippen LogP contribution in [0.25, 0.3) is 11.3 Å². The van der Waals surface area contributed by atoms with Crippen molar-refractivity contribution >= 4 is 21.7 Å². The van der Waals surface area contributed by atoms with Crippen LogP contribution < -0.4 is 5.73 Å². The minimum atomic E-state index is -0.291. The van der Waals surface area contributed by atoms with E-state index in [1.807, 2.05) is 0 Å². The Hall–Kier alpha value is -1.36. The van der Waals surface area contributed by atoms with Crippen LogP contribution in [0.15, 0.2) is 28.7 Å². The Labute approximate surface area is 88.3 Å². The van der Waals surface area contributed by atoms with Crippen LogP contribution in [0.3, 0.4) is 0 Å². The maximum Gasteiger partial charge on any atom is 0.145 e. The quantitative estimate of drug-likeness (QED) is 0.823. The highest BCUT2D eigenvalue weighted by Gasteiger charge is 2.04. The van der Waals surface area contributed by atoms with E-state index >= 15 is 0 Å². The minimum absolute atomic E-state index is 0.291. The Balaban J connectivity index is 2.47. The molecule has 0 atom stereocenters. The fraction of sp³-hybridized carbons (Fsp3) is 0. The number of nitrogens with one attached hydrogen (secondary N) is 1. The summed E-state index contributed by atoms with van der Waals surface area (Å²) >= 11 is 3.11. The molecule has 0 aliphatic rings. The van der Waals surface area contributed by atoms with Crippen molar-refractivity contribution in [1.82, 2.24) is 10.2 Å². The number of hydrogen-bond donors (Lipinski definition) is 2. The van der Waals surface area contributed by atoms with Crippen LogP contribution in [0, 0.1) is 5.82 Å². The van der Waals surface area contributed by atoms with Crippen molar-refractivity contribution in [2.75, 3.05) is 5.73 Å². The maximum absolute atomic E-state index is 12.9. The number of hydrogen-bond acceptors (Lipinski definition) is 2. The number of nitrogens with two attached hydrogens (primary N) is 1. The first-order chi connectivity index (χ1) is 6.66. The summed E-state index contributed by atoms with van der Waals surface area (Å²) in [6.45, 7) is 0. The van der Waals surface area contributed by atoms with Gasteiger partial charge in [-0.1, -0.05) is 0 Å². The number of aromatic nitrogens is 2. The lowest BCUT2D eigenvalue weighted by atomic mass is 10.1. The van der Waals surface area contributed by atoms with Gasteiger partial charge in [0.25, 0.3) is 0 Å². The first-order valence-corrected chi connectivity index (χ1v) is 4.72. The van der Waals surface area contributed by atoms with Crippen molar-refractivity contribution in [3.05, 3.63) is 34.6 Å². The summed E-state index contributed by atoms with van der Waals surface area (Å²) < 4.78 is 13.3. The molecule has 2 aromatic rings. The molecule has 1 aromatic heterocycles. The van der Waals surface area contributed by atoms with E-state index in [4.69, 9.17) is 5.73 Å². The first kappa shape index (κ1) is 9.21. The van der Waals surface area contributed by atoms with E-state index in [0.717, 1.165) is 11.3 Å². The van der Waals surface area contributed by atoms with Gasteiger partial charge >= 0.3 is 0 Å². The number of benzene rings is 1. The predicted molar refractivity (Wildman–Crippen MR) is 56.1 cm³/mol. The van der Waals surface area contributed by atoms with Crippen LogP contribution in [-0.2, 0) is 0 Å². The highest BCUT2D eigenvalue weighted by molar-refractivity contribution is 9.10. The molecule has 0 bridgehead atoms. The predicted octanol–water partition coefficient (Wildman–Crippen LogP) is 2.56. The third kappa shape index (κ3) is 1.63. The van der Waals surface area contributed by atoms with Crippen molar-refractivity contribution in [3.8, 4) is 11.3 Å². The van der Waals surface area contributed by atoms with E-state index in [9.17, 15) is 4.39 Å². The summed E-state index contributed by atoms with van der Waals surface area (Å²) in [5.74, 6) is 0.127. The number of nitrogens with zero attached hydrogens (tertiary/aromatic N) is 1. The van der Waals surface area contributed by atoms with Gasteiger partial charge in [-0.25, -0.2) is 4.39 Å². The zero-order valence-electron chi connectivity index (χ0n) is 7.09. The molecule has 14 heavy (non-hydrogen) atoms. The average Bonchev–Trinajstić information content (AvgIpc) is 2.57. The molecular formula is C9H7BrFN3. The highest BCUT2D eigenvalue weighted by atomic mass is 79.9. The largest absolute Gasteiger partial charge is 0.382 e. The van der Waals surface area contributed by atoms with Gasteiger partial charge in [0.15, 0.2) is 0 Å². The molecule has 5 heteroatoms. The molecule has 2 rings (SSSR count). The zero-order chi connectivity index (χ0) is 10.1. The minimum Gasteiger partial charge on any atom is -0.382 e. The van der Waals surface area contributed by atoms with Gasteiger partial charge in [-0.2, -0.15) is 5.10 Å². The number of rotatable bonds is 1. The molecule has 72 valence electrons. The third-order valence-corrected chi connectivity index (χ3v) is 2.44. The molecule has 0 spiro atoms. The van der Waals surface area contributed by atoms with Crippen molar-refractivity contribution < 1.29 is 4.39 Å². The van der Waals surface area contributed by atoms with Crippen LogP contribution in [0.2, 0.25) is 0 Å². The summed E-state index contributed by atoms with van der Waals surface area (Å²) in [7, 11) is 0. The van der Waals surface area contributed by atoms with E-state index in [-0.39, 0.29) is 5.82 Å². The smallest absolute Gasteiger partial charge is 0.145 e. The van der Waals surface area contributed by atoms with E-state index in [1.165, 1.54) is 6.07 Å². The molecule has 0 amide bonds. The van der Waals surface area contributed by atoms with Crippen molar-refractivity contribution in [2.45, 2.75) is 0 Å². The summed E-state index contributed by atoms with van der Waals surface area (Å²) in [6.07, 6.45) is 0. The SMILES string of the molecule is Nc1cc(-c2ccc(F)c(Br)c2)[nH]n1. The van der Waals surface area contributed by atoms with Gasteiger partial charge in [-0.15, -0.1) is 0 Å². The van der Waals surface area contributed by atoms with Crippen LogP contribution in [0.4, 0.5) is 10.2 Å². The molecule has 0 saturated carbocycles. The normalized spacial score (nSPS) is 10.4. The van der Waals surface area contributed by atoms with E-state index in [1.54, 1.807) is 18.2 Å². The molecule has 3 nitrogen and oxygen atoms in total. The van der Waals surface area contributed by atoms with Crippen LogP contribution >= 0.6 is 15.9 Å². The third-order valence-electron chi connectivity index (χ3n) is 1.83. The van der Waals surface area contributed by atoms with Crippen molar-refractivity contribution in [2.24, 2.45) is 0 Å². The fourth-order valence-corrected chi connectivity index (χ4v) is 1.53. The van der Waals surface area contributed by atoms with Crippen LogP contribution in [0.1, 0.15) is 0 Å². The van der Waals surface area contributed by atoms with Crippen molar-refractivity contribution in [3.63, 3.8) is 0 Å². The van der Waals surface area contributed by atoms with Gasteiger partial charge in [-0.3, -0.25) is 5.10 Å². The van der Waals surface area contributed by atoms with Gasteiger partial charge in [0.1, 0.15) is 11.6 Å². The first-order valence-electron chi connectivity index (χ1n) is 3.93. The second kappa shape index (κ2) is 3.42. The topological polar surface area (TPSA) is 54.7 Å². The fourth-order valence-electron chi connectivity index (χ4n) is 1.15. The lowest BCUT2D eigenvalue weighted by Gasteiger charge is -1.98. The molecule has 0 aliphatic heterocycles. The molecule has 0 saturated heterocycles. The Morgan fingerprint density at radius 3 is 2.71 bits per heavy atom. The zero-order valence-corrected chi connectivity index (χ0v) is 8.68. The van der Waals surface area contributed by atoms with Gasteiger partial charge in [0.05, 0.1) is 10.2 Å². The lowest BCUT2D eigenvalue weighted by molar-refractivity contribution is 0.621. The molecule has 0 fully saturated rings. The number of anilines is 1.